The molecular formula is C17H28N2O3. The fourth-order valence-corrected chi connectivity index (χ4v) is 2.54. The van der Waals surface area contributed by atoms with Crippen molar-refractivity contribution in [3.8, 4) is 0 Å². The summed E-state index contributed by atoms with van der Waals surface area (Å²) in [5.74, 6) is 0. The van der Waals surface area contributed by atoms with E-state index in [4.69, 9.17) is 5.11 Å². The van der Waals surface area contributed by atoms with E-state index in [0.29, 0.717) is 25.8 Å². The molecule has 4 N–H and O–H groups in total. The van der Waals surface area contributed by atoms with E-state index < -0.39 is 17.2 Å². The second kappa shape index (κ2) is 7.49. The van der Waals surface area contributed by atoms with Crippen LogP contribution in [0.25, 0.3) is 0 Å². The van der Waals surface area contributed by atoms with Crippen molar-refractivity contribution < 1.29 is 15.0 Å². The molecule has 0 saturated carbocycles. The van der Waals surface area contributed by atoms with Gasteiger partial charge < -0.3 is 20.8 Å². The van der Waals surface area contributed by atoms with Crippen LogP contribution in [-0.2, 0) is 5.60 Å². The number of nitrogens with one attached hydrogen (secondary N) is 2. The zero-order valence-corrected chi connectivity index (χ0v) is 13.9. The molecule has 0 aliphatic heterocycles. The Morgan fingerprint density at radius 1 is 1.18 bits per heavy atom. The van der Waals surface area contributed by atoms with Crippen LogP contribution in [0.5, 0.6) is 0 Å². The highest BCUT2D eigenvalue weighted by Crippen LogP contribution is 2.33. The lowest BCUT2D eigenvalue weighted by molar-refractivity contribution is 0.0290. The first-order valence-corrected chi connectivity index (χ1v) is 7.81. The molecule has 0 saturated heterocycles. The minimum absolute atomic E-state index is 0.500. The Labute approximate surface area is 132 Å². The molecule has 0 aliphatic rings. The predicted octanol–water partition coefficient (Wildman–Crippen LogP) is 3.54. The number of carbonyl (C=O) groups is 1. The van der Waals surface area contributed by atoms with Gasteiger partial charge in [-0.3, -0.25) is 0 Å². The van der Waals surface area contributed by atoms with Crippen LogP contribution in [-0.4, -0.2) is 28.4 Å². The van der Waals surface area contributed by atoms with Crippen molar-refractivity contribution in [2.75, 3.05) is 11.9 Å². The smallest absolute Gasteiger partial charge is 0.405 e. The maximum atomic E-state index is 10.7. The second-order valence-corrected chi connectivity index (χ2v) is 6.28. The van der Waals surface area contributed by atoms with Gasteiger partial charge in [0.25, 0.3) is 0 Å². The summed E-state index contributed by atoms with van der Waals surface area (Å²) in [6, 6.07) is 7.74. The first-order valence-electron chi connectivity index (χ1n) is 7.81. The molecule has 0 atom stereocenters. The zero-order chi connectivity index (χ0) is 16.8. The van der Waals surface area contributed by atoms with E-state index in [1.54, 1.807) is 0 Å². The first-order chi connectivity index (χ1) is 10.2. The van der Waals surface area contributed by atoms with E-state index in [0.717, 1.165) is 11.3 Å². The number of anilines is 1. The minimum Gasteiger partial charge on any atom is -0.465 e. The Kier molecular flexibility index (Phi) is 6.23. The first kappa shape index (κ1) is 18.3. The standard InChI is InChI=1S/C17H28N2O3/c1-5-17(22,6-2)13-9-7-8-10-14(13)18-12-11-16(3,4)19-15(20)21/h7-10,18-19,22H,5-6,11-12H2,1-4H3,(H,20,21). The summed E-state index contributed by atoms with van der Waals surface area (Å²) in [7, 11) is 0. The maximum absolute atomic E-state index is 10.7. The Morgan fingerprint density at radius 2 is 1.77 bits per heavy atom. The molecule has 0 spiro atoms. The highest BCUT2D eigenvalue weighted by molar-refractivity contribution is 5.65. The van der Waals surface area contributed by atoms with Crippen molar-refractivity contribution in [3.05, 3.63) is 29.8 Å². The minimum atomic E-state index is -1.02. The van der Waals surface area contributed by atoms with E-state index in [-0.39, 0.29) is 0 Å². The Morgan fingerprint density at radius 3 is 2.32 bits per heavy atom. The zero-order valence-electron chi connectivity index (χ0n) is 13.9. The molecule has 1 aromatic carbocycles. The number of para-hydroxylation sites is 1. The highest BCUT2D eigenvalue weighted by atomic mass is 16.4. The molecule has 22 heavy (non-hydrogen) atoms. The van der Waals surface area contributed by atoms with E-state index in [9.17, 15) is 9.90 Å². The highest BCUT2D eigenvalue weighted by Gasteiger charge is 2.27. The van der Waals surface area contributed by atoms with Crippen molar-refractivity contribution in [2.45, 2.75) is 58.1 Å². The molecule has 0 aliphatic carbocycles. The average molecular weight is 308 g/mol. The van der Waals surface area contributed by atoms with E-state index >= 15 is 0 Å². The van der Waals surface area contributed by atoms with Gasteiger partial charge in [-0.05, 0) is 39.2 Å². The van der Waals surface area contributed by atoms with Gasteiger partial charge in [0.15, 0.2) is 0 Å². The lowest BCUT2D eigenvalue weighted by atomic mass is 9.87. The Balaban J connectivity index is 2.77. The molecule has 1 amide bonds. The average Bonchev–Trinajstić information content (AvgIpc) is 2.45. The third kappa shape index (κ3) is 4.91. The largest absolute Gasteiger partial charge is 0.465 e. The van der Waals surface area contributed by atoms with Gasteiger partial charge in [-0.2, -0.15) is 0 Å². The number of hydrogen-bond donors (Lipinski definition) is 4. The Hall–Kier alpha value is -1.75. The van der Waals surface area contributed by atoms with Gasteiger partial charge in [0.2, 0.25) is 0 Å². The van der Waals surface area contributed by atoms with Gasteiger partial charge in [0.05, 0.1) is 5.60 Å². The molecule has 0 heterocycles. The fraction of sp³-hybridized carbons (Fsp3) is 0.588. The molecule has 0 aromatic heterocycles. The summed E-state index contributed by atoms with van der Waals surface area (Å²) < 4.78 is 0. The molecular weight excluding hydrogens is 280 g/mol. The molecule has 5 nitrogen and oxygen atoms in total. The summed E-state index contributed by atoms with van der Waals surface area (Å²) in [6.07, 6.45) is 0.920. The van der Waals surface area contributed by atoms with Crippen LogP contribution < -0.4 is 10.6 Å². The number of amides is 1. The summed E-state index contributed by atoms with van der Waals surface area (Å²) in [6.45, 7) is 8.26. The van der Waals surface area contributed by atoms with Crippen molar-refractivity contribution >= 4 is 11.8 Å². The summed E-state index contributed by atoms with van der Waals surface area (Å²) in [4.78, 5) is 10.7. The molecule has 5 heteroatoms. The molecule has 0 fully saturated rings. The molecule has 0 radical (unpaired) electrons. The maximum Gasteiger partial charge on any atom is 0.405 e. The van der Waals surface area contributed by atoms with Crippen molar-refractivity contribution in [3.63, 3.8) is 0 Å². The van der Waals surface area contributed by atoms with Gasteiger partial charge >= 0.3 is 6.09 Å². The van der Waals surface area contributed by atoms with E-state index in [1.807, 2.05) is 52.0 Å². The second-order valence-electron chi connectivity index (χ2n) is 6.28. The van der Waals surface area contributed by atoms with Crippen LogP contribution >= 0.6 is 0 Å². The molecule has 1 aromatic rings. The lowest BCUT2D eigenvalue weighted by Crippen LogP contribution is -2.43. The number of benzene rings is 1. The van der Waals surface area contributed by atoms with Crippen LogP contribution in [0, 0.1) is 0 Å². The summed E-state index contributed by atoms with van der Waals surface area (Å²) in [5, 5.41) is 25.4. The number of rotatable bonds is 8. The number of carboxylic acid groups (broad SMARTS) is 1. The number of aliphatic hydroxyl groups is 1. The molecule has 124 valence electrons. The van der Waals surface area contributed by atoms with E-state index in [2.05, 4.69) is 10.6 Å². The van der Waals surface area contributed by atoms with Crippen molar-refractivity contribution in [2.24, 2.45) is 0 Å². The normalized spacial score (nSPS) is 12.0. The topological polar surface area (TPSA) is 81.6 Å². The van der Waals surface area contributed by atoms with Crippen LogP contribution in [0.15, 0.2) is 24.3 Å². The molecule has 0 unspecified atom stereocenters. The van der Waals surface area contributed by atoms with E-state index in [1.165, 1.54) is 0 Å². The lowest BCUT2D eigenvalue weighted by Gasteiger charge is -2.29. The third-order valence-corrected chi connectivity index (χ3v) is 4.11. The van der Waals surface area contributed by atoms with Gasteiger partial charge in [-0.1, -0.05) is 32.0 Å². The quantitative estimate of drug-likeness (QED) is 0.592. The predicted molar refractivity (Wildman–Crippen MR) is 89.3 cm³/mol. The number of hydrogen-bond acceptors (Lipinski definition) is 3. The molecule has 0 bridgehead atoms. The van der Waals surface area contributed by atoms with Crippen LogP contribution in [0.3, 0.4) is 0 Å². The van der Waals surface area contributed by atoms with Crippen LogP contribution in [0.4, 0.5) is 10.5 Å². The van der Waals surface area contributed by atoms with Gasteiger partial charge in [-0.25, -0.2) is 4.79 Å². The van der Waals surface area contributed by atoms with Gasteiger partial charge in [0.1, 0.15) is 0 Å². The summed E-state index contributed by atoms with van der Waals surface area (Å²) >= 11 is 0. The van der Waals surface area contributed by atoms with Crippen molar-refractivity contribution in [1.29, 1.82) is 0 Å². The molecule has 1 rings (SSSR count). The van der Waals surface area contributed by atoms with Crippen LogP contribution in [0.2, 0.25) is 0 Å². The SMILES string of the molecule is CCC(O)(CC)c1ccccc1NCCC(C)(C)NC(=O)O. The monoisotopic (exact) mass is 308 g/mol. The van der Waals surface area contributed by atoms with Gasteiger partial charge in [0, 0.05) is 23.3 Å². The Bertz CT molecular complexity index is 496. The summed E-state index contributed by atoms with van der Waals surface area (Å²) in [5.41, 5.74) is 0.460. The third-order valence-electron chi connectivity index (χ3n) is 4.11. The van der Waals surface area contributed by atoms with Crippen LogP contribution in [0.1, 0.15) is 52.5 Å². The van der Waals surface area contributed by atoms with Gasteiger partial charge in [-0.15, -0.1) is 0 Å². The van der Waals surface area contributed by atoms with Crippen molar-refractivity contribution in [1.82, 2.24) is 5.32 Å². The fourth-order valence-electron chi connectivity index (χ4n) is 2.54.